The molecule has 1 aromatic heterocycles. The van der Waals surface area contributed by atoms with Gasteiger partial charge < -0.3 is 10.4 Å². The van der Waals surface area contributed by atoms with Crippen LogP contribution >= 0.6 is 11.6 Å². The van der Waals surface area contributed by atoms with Crippen molar-refractivity contribution in [1.29, 1.82) is 0 Å². The van der Waals surface area contributed by atoms with Gasteiger partial charge in [-0.2, -0.15) is 0 Å². The number of hydrogen-bond donors (Lipinski definition) is 2. The number of aliphatic hydroxyl groups is 1. The number of anilines is 1. The highest BCUT2D eigenvalue weighted by Gasteiger charge is 2.18. The van der Waals surface area contributed by atoms with Gasteiger partial charge in [-0.3, -0.25) is 14.2 Å². The lowest BCUT2D eigenvalue weighted by atomic mass is 10.1. The molecule has 0 bridgehead atoms. The van der Waals surface area contributed by atoms with Crippen LogP contribution in [0.25, 0.3) is 11.4 Å². The molecule has 6 nitrogen and oxygen atoms in total. The Morgan fingerprint density at radius 1 is 1.23 bits per heavy atom. The number of hydrogen-bond acceptors (Lipinski definition) is 4. The predicted octanol–water partition coefficient (Wildman–Crippen LogP) is 3.32. The van der Waals surface area contributed by atoms with Crippen molar-refractivity contribution >= 4 is 23.2 Å². The second-order valence-electron chi connectivity index (χ2n) is 6.55. The number of aryl methyl sites for hydroxylation is 1. The topological polar surface area (TPSA) is 84.2 Å². The van der Waals surface area contributed by atoms with E-state index in [-0.39, 0.29) is 30.1 Å². The lowest BCUT2D eigenvalue weighted by Gasteiger charge is -2.16. The van der Waals surface area contributed by atoms with Crippen molar-refractivity contribution < 1.29 is 18.7 Å². The van der Waals surface area contributed by atoms with Crippen LogP contribution in [0.3, 0.4) is 0 Å². The Hall–Kier alpha value is -3.10. The van der Waals surface area contributed by atoms with Gasteiger partial charge in [0.2, 0.25) is 5.91 Å². The van der Waals surface area contributed by atoms with Gasteiger partial charge in [0.25, 0.3) is 5.56 Å². The molecule has 0 unspecified atom stereocenters. The van der Waals surface area contributed by atoms with Crippen molar-refractivity contribution in [1.82, 2.24) is 9.55 Å². The SMILES string of the molecule is Cc1nc(-c2cccc(Cl)c2)n(CC(=O)Nc2ccc(F)cc2F)c(=O)c1CCO. The molecule has 0 aliphatic rings. The quantitative estimate of drug-likeness (QED) is 0.624. The normalized spacial score (nSPS) is 10.8. The highest BCUT2D eigenvalue weighted by Crippen LogP contribution is 2.22. The molecule has 0 aliphatic heterocycles. The van der Waals surface area contributed by atoms with Crippen molar-refractivity contribution in [2.75, 3.05) is 11.9 Å². The zero-order valence-electron chi connectivity index (χ0n) is 16.0. The van der Waals surface area contributed by atoms with Crippen molar-refractivity contribution in [2.24, 2.45) is 0 Å². The van der Waals surface area contributed by atoms with Crippen LogP contribution in [0.4, 0.5) is 14.5 Å². The summed E-state index contributed by atoms with van der Waals surface area (Å²) in [4.78, 5) is 30.0. The van der Waals surface area contributed by atoms with Crippen LogP contribution in [0, 0.1) is 18.6 Å². The Balaban J connectivity index is 2.03. The van der Waals surface area contributed by atoms with E-state index in [9.17, 15) is 23.5 Å². The van der Waals surface area contributed by atoms with Crippen LogP contribution in [0.15, 0.2) is 47.3 Å². The van der Waals surface area contributed by atoms with E-state index >= 15 is 0 Å². The zero-order chi connectivity index (χ0) is 21.8. The average molecular weight is 434 g/mol. The Labute approximate surface area is 175 Å². The van der Waals surface area contributed by atoms with E-state index < -0.39 is 29.6 Å². The number of benzene rings is 2. The van der Waals surface area contributed by atoms with E-state index in [1.54, 1.807) is 31.2 Å². The fraction of sp³-hybridized carbons (Fsp3) is 0.190. The molecule has 3 aromatic rings. The number of aliphatic hydroxyl groups excluding tert-OH is 1. The lowest BCUT2D eigenvalue weighted by Crippen LogP contribution is -2.33. The van der Waals surface area contributed by atoms with Gasteiger partial charge in [-0.1, -0.05) is 23.7 Å². The second kappa shape index (κ2) is 9.15. The molecule has 156 valence electrons. The van der Waals surface area contributed by atoms with E-state index in [0.29, 0.717) is 22.3 Å². The standard InChI is InChI=1S/C21H18ClF2N3O3/c1-12-16(7-8-28)21(30)27(20(25-12)13-3-2-4-14(22)9-13)11-19(29)26-18-6-5-15(23)10-17(18)24/h2-6,9-10,28H,7-8,11H2,1H3,(H,26,29). The second-order valence-corrected chi connectivity index (χ2v) is 6.98. The van der Waals surface area contributed by atoms with Gasteiger partial charge in [-0.25, -0.2) is 13.8 Å². The molecule has 0 aliphatic carbocycles. The summed E-state index contributed by atoms with van der Waals surface area (Å²) in [6, 6.07) is 9.37. The molecule has 0 spiro atoms. The summed E-state index contributed by atoms with van der Waals surface area (Å²) < 4.78 is 28.1. The molecule has 3 rings (SSSR count). The van der Waals surface area contributed by atoms with E-state index in [1.807, 2.05) is 0 Å². The van der Waals surface area contributed by atoms with E-state index in [1.165, 1.54) is 0 Å². The van der Waals surface area contributed by atoms with Crippen LogP contribution in [-0.4, -0.2) is 27.2 Å². The summed E-state index contributed by atoms with van der Waals surface area (Å²) in [7, 11) is 0. The minimum Gasteiger partial charge on any atom is -0.396 e. The van der Waals surface area contributed by atoms with Crippen LogP contribution in [0.1, 0.15) is 11.3 Å². The number of nitrogens with zero attached hydrogens (tertiary/aromatic N) is 2. The summed E-state index contributed by atoms with van der Waals surface area (Å²) in [6.07, 6.45) is 0.0711. The summed E-state index contributed by atoms with van der Waals surface area (Å²) in [5.41, 5.74) is 0.490. The fourth-order valence-electron chi connectivity index (χ4n) is 3.02. The van der Waals surface area contributed by atoms with Crippen molar-refractivity contribution in [3.8, 4) is 11.4 Å². The first kappa shape index (κ1) is 21.6. The monoisotopic (exact) mass is 433 g/mol. The van der Waals surface area contributed by atoms with Gasteiger partial charge in [0.1, 0.15) is 24.0 Å². The Kier molecular flexibility index (Phi) is 6.59. The summed E-state index contributed by atoms with van der Waals surface area (Å²) in [5.74, 6) is -2.21. The third-order valence-electron chi connectivity index (χ3n) is 4.42. The number of halogens is 3. The third-order valence-corrected chi connectivity index (χ3v) is 4.66. The zero-order valence-corrected chi connectivity index (χ0v) is 16.7. The van der Waals surface area contributed by atoms with Crippen molar-refractivity contribution in [2.45, 2.75) is 19.9 Å². The highest BCUT2D eigenvalue weighted by atomic mass is 35.5. The molecule has 2 aromatic carbocycles. The van der Waals surface area contributed by atoms with E-state index in [2.05, 4.69) is 10.3 Å². The number of carbonyl (C=O) groups excluding carboxylic acids is 1. The average Bonchev–Trinajstić information content (AvgIpc) is 2.69. The summed E-state index contributed by atoms with van der Waals surface area (Å²) in [6.45, 7) is 0.906. The van der Waals surface area contributed by atoms with Crippen LogP contribution in [0.5, 0.6) is 0 Å². The number of carbonyl (C=O) groups is 1. The lowest BCUT2D eigenvalue weighted by molar-refractivity contribution is -0.116. The van der Waals surface area contributed by atoms with Gasteiger partial charge in [0, 0.05) is 40.9 Å². The maximum absolute atomic E-state index is 13.9. The smallest absolute Gasteiger partial charge is 0.257 e. The molecular weight excluding hydrogens is 416 g/mol. The largest absolute Gasteiger partial charge is 0.396 e. The molecule has 0 atom stereocenters. The van der Waals surface area contributed by atoms with Crippen LogP contribution in [0.2, 0.25) is 5.02 Å². The molecule has 0 radical (unpaired) electrons. The molecule has 0 fully saturated rings. The van der Waals surface area contributed by atoms with Crippen molar-refractivity contribution in [3.05, 3.63) is 80.7 Å². The number of aromatic nitrogens is 2. The van der Waals surface area contributed by atoms with Gasteiger partial charge >= 0.3 is 0 Å². The first-order valence-corrected chi connectivity index (χ1v) is 9.40. The Bertz CT molecular complexity index is 1160. The van der Waals surface area contributed by atoms with E-state index in [0.717, 1.165) is 16.7 Å². The molecular formula is C21H18ClF2N3O3. The predicted molar refractivity (Wildman–Crippen MR) is 109 cm³/mol. The summed E-state index contributed by atoms with van der Waals surface area (Å²) >= 11 is 6.05. The van der Waals surface area contributed by atoms with Crippen LogP contribution < -0.4 is 10.9 Å². The number of rotatable bonds is 6. The number of nitrogens with one attached hydrogen (secondary N) is 1. The van der Waals surface area contributed by atoms with Crippen molar-refractivity contribution in [3.63, 3.8) is 0 Å². The van der Waals surface area contributed by atoms with Gasteiger partial charge in [0.15, 0.2) is 0 Å². The molecule has 0 saturated carbocycles. The fourth-order valence-corrected chi connectivity index (χ4v) is 3.21. The Morgan fingerprint density at radius 2 is 2.00 bits per heavy atom. The van der Waals surface area contributed by atoms with Gasteiger partial charge in [-0.05, 0) is 31.2 Å². The minimum atomic E-state index is -0.936. The minimum absolute atomic E-state index is 0.0711. The third kappa shape index (κ3) is 4.72. The first-order valence-electron chi connectivity index (χ1n) is 9.02. The maximum atomic E-state index is 13.9. The molecule has 30 heavy (non-hydrogen) atoms. The molecule has 0 saturated heterocycles. The molecule has 1 heterocycles. The summed E-state index contributed by atoms with van der Waals surface area (Å²) in [5, 5.41) is 12.0. The number of amides is 1. The molecule has 2 N–H and O–H groups in total. The molecule has 1 amide bonds. The first-order chi connectivity index (χ1) is 14.3. The van der Waals surface area contributed by atoms with E-state index in [4.69, 9.17) is 11.6 Å². The maximum Gasteiger partial charge on any atom is 0.257 e. The Morgan fingerprint density at radius 3 is 2.67 bits per heavy atom. The highest BCUT2D eigenvalue weighted by molar-refractivity contribution is 6.30. The van der Waals surface area contributed by atoms with Gasteiger partial charge in [0.05, 0.1) is 5.69 Å². The van der Waals surface area contributed by atoms with Gasteiger partial charge in [-0.15, -0.1) is 0 Å². The molecule has 9 heteroatoms. The van der Waals surface area contributed by atoms with Crippen LogP contribution in [-0.2, 0) is 17.8 Å².